The molecule has 24 heavy (non-hydrogen) atoms. The molecule has 0 atom stereocenters. The molecule has 1 N–H and O–H groups in total. The maximum absolute atomic E-state index is 12.3. The molecular formula is C17H16N4O3. The third-order valence-corrected chi connectivity index (χ3v) is 3.88. The lowest BCUT2D eigenvalue weighted by Crippen LogP contribution is -2.20. The van der Waals surface area contributed by atoms with Gasteiger partial charge in [0.2, 0.25) is 5.91 Å². The number of nitro benzene ring substituents is 1. The Morgan fingerprint density at radius 3 is 2.62 bits per heavy atom. The molecule has 0 unspecified atom stereocenters. The van der Waals surface area contributed by atoms with Gasteiger partial charge in [-0.15, -0.1) is 0 Å². The summed E-state index contributed by atoms with van der Waals surface area (Å²) in [5.74, 6) is -0.232. The van der Waals surface area contributed by atoms with Crippen LogP contribution < -0.4 is 5.32 Å². The van der Waals surface area contributed by atoms with E-state index in [0.29, 0.717) is 5.52 Å². The smallest absolute Gasteiger partial charge is 0.271 e. The second-order valence-electron chi connectivity index (χ2n) is 5.62. The van der Waals surface area contributed by atoms with Crippen molar-refractivity contribution in [3.8, 4) is 0 Å². The number of rotatable bonds is 4. The molecule has 3 rings (SSSR count). The number of amides is 1. The number of para-hydroxylation sites is 1. The summed E-state index contributed by atoms with van der Waals surface area (Å²) >= 11 is 0. The van der Waals surface area contributed by atoms with Gasteiger partial charge < -0.3 is 5.32 Å². The number of hydrogen-bond donors (Lipinski definition) is 1. The Morgan fingerprint density at radius 2 is 1.96 bits per heavy atom. The average Bonchev–Trinajstić information content (AvgIpc) is 2.93. The number of nitrogens with zero attached hydrogens (tertiary/aromatic N) is 3. The molecule has 0 aliphatic rings. The van der Waals surface area contributed by atoms with E-state index in [9.17, 15) is 14.9 Å². The first-order valence-corrected chi connectivity index (χ1v) is 7.42. The zero-order chi connectivity index (χ0) is 17.3. The standard InChI is InChI=1S/C17H16N4O3/c1-11-4-3-5-12(2)17(11)19-16(22)10-20-15-8-14(21(23)24)7-6-13(15)9-18-20/h3-9H,10H2,1-2H3,(H,19,22). The van der Waals surface area contributed by atoms with E-state index in [2.05, 4.69) is 10.4 Å². The second-order valence-corrected chi connectivity index (χ2v) is 5.62. The SMILES string of the molecule is Cc1cccc(C)c1NC(=O)Cn1ncc2ccc([N+](=O)[O-])cc21. The Labute approximate surface area is 138 Å². The third-order valence-electron chi connectivity index (χ3n) is 3.88. The van der Waals surface area contributed by atoms with Crippen molar-refractivity contribution in [1.82, 2.24) is 9.78 Å². The summed E-state index contributed by atoms with van der Waals surface area (Å²) in [6.45, 7) is 3.84. The number of carbonyl (C=O) groups is 1. The molecule has 1 amide bonds. The van der Waals surface area contributed by atoms with Gasteiger partial charge in [-0.1, -0.05) is 18.2 Å². The van der Waals surface area contributed by atoms with Crippen LogP contribution in [-0.4, -0.2) is 20.6 Å². The van der Waals surface area contributed by atoms with E-state index in [0.717, 1.165) is 22.2 Å². The van der Waals surface area contributed by atoms with Gasteiger partial charge in [0.15, 0.2) is 0 Å². The van der Waals surface area contributed by atoms with E-state index in [4.69, 9.17) is 0 Å². The summed E-state index contributed by atoms with van der Waals surface area (Å²) in [4.78, 5) is 22.8. The van der Waals surface area contributed by atoms with E-state index in [1.807, 2.05) is 32.0 Å². The van der Waals surface area contributed by atoms with Crippen LogP contribution in [0, 0.1) is 24.0 Å². The van der Waals surface area contributed by atoms with Gasteiger partial charge in [-0.05, 0) is 31.0 Å². The summed E-state index contributed by atoms with van der Waals surface area (Å²) in [6.07, 6.45) is 1.59. The molecule has 0 radical (unpaired) electrons. The Balaban J connectivity index is 1.85. The Morgan fingerprint density at radius 1 is 1.25 bits per heavy atom. The topological polar surface area (TPSA) is 90.1 Å². The van der Waals surface area contributed by atoms with Gasteiger partial charge >= 0.3 is 0 Å². The van der Waals surface area contributed by atoms with Crippen molar-refractivity contribution in [1.29, 1.82) is 0 Å². The Hall–Kier alpha value is -3.22. The van der Waals surface area contributed by atoms with Gasteiger partial charge in [-0.25, -0.2) is 0 Å². The van der Waals surface area contributed by atoms with Crippen LogP contribution >= 0.6 is 0 Å². The highest BCUT2D eigenvalue weighted by Crippen LogP contribution is 2.22. The maximum Gasteiger partial charge on any atom is 0.271 e. The molecule has 0 fully saturated rings. The predicted octanol–water partition coefficient (Wildman–Crippen LogP) is 3.20. The summed E-state index contributed by atoms with van der Waals surface area (Å²) in [5, 5.41) is 18.7. The number of nitrogens with one attached hydrogen (secondary N) is 1. The van der Waals surface area contributed by atoms with Crippen molar-refractivity contribution >= 4 is 28.2 Å². The van der Waals surface area contributed by atoms with Gasteiger partial charge in [0.1, 0.15) is 6.54 Å². The van der Waals surface area contributed by atoms with Crippen LogP contribution in [0.5, 0.6) is 0 Å². The second kappa shape index (κ2) is 6.11. The molecule has 0 aliphatic carbocycles. The van der Waals surface area contributed by atoms with Crippen molar-refractivity contribution in [2.45, 2.75) is 20.4 Å². The maximum atomic E-state index is 12.3. The molecule has 122 valence electrons. The van der Waals surface area contributed by atoms with Gasteiger partial charge in [-0.3, -0.25) is 19.6 Å². The molecule has 7 heteroatoms. The minimum Gasteiger partial charge on any atom is -0.324 e. The van der Waals surface area contributed by atoms with Crippen LogP contribution in [0.1, 0.15) is 11.1 Å². The highest BCUT2D eigenvalue weighted by atomic mass is 16.6. The number of benzene rings is 2. The number of fused-ring (bicyclic) bond motifs is 1. The van der Waals surface area contributed by atoms with Crippen LogP contribution in [0.2, 0.25) is 0 Å². The van der Waals surface area contributed by atoms with Crippen LogP contribution in [-0.2, 0) is 11.3 Å². The molecule has 3 aromatic rings. The number of hydrogen-bond acceptors (Lipinski definition) is 4. The molecule has 7 nitrogen and oxygen atoms in total. The number of aryl methyl sites for hydroxylation is 2. The number of nitro groups is 1. The van der Waals surface area contributed by atoms with Crippen molar-refractivity contribution in [2.75, 3.05) is 5.32 Å². The average molecular weight is 324 g/mol. The van der Waals surface area contributed by atoms with Crippen molar-refractivity contribution in [3.05, 3.63) is 63.8 Å². The predicted molar refractivity (Wildman–Crippen MR) is 90.9 cm³/mol. The highest BCUT2D eigenvalue weighted by Gasteiger charge is 2.13. The zero-order valence-electron chi connectivity index (χ0n) is 13.3. The summed E-state index contributed by atoms with van der Waals surface area (Å²) < 4.78 is 1.46. The molecule has 1 aromatic heterocycles. The Bertz CT molecular complexity index is 926. The van der Waals surface area contributed by atoms with Crippen LogP contribution in [0.25, 0.3) is 10.9 Å². The van der Waals surface area contributed by atoms with Crippen molar-refractivity contribution in [3.63, 3.8) is 0 Å². The third kappa shape index (κ3) is 2.96. The lowest BCUT2D eigenvalue weighted by Gasteiger charge is -2.11. The first-order valence-electron chi connectivity index (χ1n) is 7.42. The quantitative estimate of drug-likeness (QED) is 0.589. The minimum atomic E-state index is -0.465. The molecule has 1 heterocycles. The number of carbonyl (C=O) groups excluding carboxylic acids is 1. The van der Waals surface area contributed by atoms with Gasteiger partial charge in [0.25, 0.3) is 5.69 Å². The number of anilines is 1. The first kappa shape index (κ1) is 15.7. The normalized spacial score (nSPS) is 10.8. The van der Waals surface area contributed by atoms with Crippen molar-refractivity contribution < 1.29 is 9.72 Å². The molecule has 0 saturated carbocycles. The van der Waals surface area contributed by atoms with Gasteiger partial charge in [0, 0.05) is 23.2 Å². The molecule has 0 bridgehead atoms. The fraction of sp³-hybridized carbons (Fsp3) is 0.176. The number of non-ortho nitro benzene ring substituents is 1. The van der Waals surface area contributed by atoms with Crippen LogP contribution in [0.3, 0.4) is 0 Å². The van der Waals surface area contributed by atoms with E-state index in [-0.39, 0.29) is 18.1 Å². The van der Waals surface area contributed by atoms with Crippen LogP contribution in [0.15, 0.2) is 42.6 Å². The number of aromatic nitrogens is 2. The monoisotopic (exact) mass is 324 g/mol. The fourth-order valence-corrected chi connectivity index (χ4v) is 2.63. The summed E-state index contributed by atoms with van der Waals surface area (Å²) in [5.41, 5.74) is 3.26. The fourth-order valence-electron chi connectivity index (χ4n) is 2.63. The first-order chi connectivity index (χ1) is 11.5. The van der Waals surface area contributed by atoms with E-state index in [1.54, 1.807) is 12.3 Å². The lowest BCUT2D eigenvalue weighted by molar-refractivity contribution is -0.384. The highest BCUT2D eigenvalue weighted by molar-refractivity contribution is 5.93. The largest absolute Gasteiger partial charge is 0.324 e. The van der Waals surface area contributed by atoms with Gasteiger partial charge in [0.05, 0.1) is 16.6 Å². The molecule has 0 aliphatic heterocycles. The van der Waals surface area contributed by atoms with E-state index >= 15 is 0 Å². The van der Waals surface area contributed by atoms with E-state index < -0.39 is 4.92 Å². The lowest BCUT2D eigenvalue weighted by atomic mass is 10.1. The molecule has 0 saturated heterocycles. The Kier molecular flexibility index (Phi) is 3.99. The zero-order valence-corrected chi connectivity index (χ0v) is 13.3. The van der Waals surface area contributed by atoms with Crippen molar-refractivity contribution in [2.24, 2.45) is 0 Å². The summed E-state index contributed by atoms with van der Waals surface area (Å²) in [6, 6.07) is 10.3. The van der Waals surface area contributed by atoms with Gasteiger partial charge in [-0.2, -0.15) is 5.10 Å². The molecule has 2 aromatic carbocycles. The minimum absolute atomic E-state index is 0.0154. The summed E-state index contributed by atoms with van der Waals surface area (Å²) in [7, 11) is 0. The van der Waals surface area contributed by atoms with E-state index in [1.165, 1.54) is 16.8 Å². The molecule has 0 spiro atoms. The van der Waals surface area contributed by atoms with Crippen LogP contribution in [0.4, 0.5) is 11.4 Å². The molecular weight excluding hydrogens is 308 g/mol.